The minimum atomic E-state index is -0.482. The number of rotatable bonds is 6. The molecule has 1 unspecified atom stereocenters. The molecule has 0 bridgehead atoms. The van der Waals surface area contributed by atoms with Crippen LogP contribution in [0, 0.1) is 0 Å². The maximum absolute atomic E-state index is 11.8. The summed E-state index contributed by atoms with van der Waals surface area (Å²) in [6.45, 7) is 11.9. The molecular formula is C12H26N2O2. The summed E-state index contributed by atoms with van der Waals surface area (Å²) < 4.78 is 5.60. The van der Waals surface area contributed by atoms with Crippen LogP contribution >= 0.6 is 0 Å². The Morgan fingerprint density at radius 3 is 2.25 bits per heavy atom. The van der Waals surface area contributed by atoms with Crippen LogP contribution in [-0.4, -0.2) is 29.7 Å². The largest absolute Gasteiger partial charge is 0.362 e. The van der Waals surface area contributed by atoms with Crippen LogP contribution < -0.4 is 11.1 Å². The van der Waals surface area contributed by atoms with Gasteiger partial charge >= 0.3 is 0 Å². The molecule has 3 N–H and O–H groups in total. The van der Waals surface area contributed by atoms with Crippen LogP contribution in [0.1, 0.15) is 48.0 Å². The monoisotopic (exact) mass is 230 g/mol. The van der Waals surface area contributed by atoms with Crippen molar-refractivity contribution in [2.24, 2.45) is 5.73 Å². The number of hydrogen-bond acceptors (Lipinski definition) is 3. The lowest BCUT2D eigenvalue weighted by molar-refractivity contribution is -0.142. The molecule has 0 aromatic rings. The average molecular weight is 230 g/mol. The Morgan fingerprint density at radius 2 is 1.88 bits per heavy atom. The second-order valence-corrected chi connectivity index (χ2v) is 5.45. The van der Waals surface area contributed by atoms with Crippen molar-refractivity contribution in [2.75, 3.05) is 6.54 Å². The normalized spacial score (nSPS) is 14.7. The van der Waals surface area contributed by atoms with Gasteiger partial charge in [-0.05, 0) is 41.0 Å². The van der Waals surface area contributed by atoms with E-state index in [2.05, 4.69) is 5.32 Å². The molecule has 0 aromatic heterocycles. The number of hydrogen-bond donors (Lipinski definition) is 2. The van der Waals surface area contributed by atoms with E-state index in [0.717, 1.165) is 6.42 Å². The standard InChI is InChI=1S/C12H26N2O2/c1-7-11(3,4)14-10(15)9(2)16-12(5,6)8-13/h9H,7-8,13H2,1-6H3,(H,14,15). The van der Waals surface area contributed by atoms with Crippen molar-refractivity contribution in [2.45, 2.75) is 65.2 Å². The zero-order valence-corrected chi connectivity index (χ0v) is 11.4. The van der Waals surface area contributed by atoms with E-state index in [0.29, 0.717) is 6.54 Å². The van der Waals surface area contributed by atoms with Gasteiger partial charge in [-0.2, -0.15) is 0 Å². The highest BCUT2D eigenvalue weighted by atomic mass is 16.5. The lowest BCUT2D eigenvalue weighted by Gasteiger charge is -2.30. The molecule has 0 saturated heterocycles. The van der Waals surface area contributed by atoms with Gasteiger partial charge in [0.25, 0.3) is 0 Å². The molecule has 96 valence electrons. The fourth-order valence-corrected chi connectivity index (χ4v) is 1.10. The Labute approximate surface area is 98.9 Å². The quantitative estimate of drug-likeness (QED) is 0.725. The van der Waals surface area contributed by atoms with Gasteiger partial charge in [0.2, 0.25) is 5.91 Å². The molecule has 1 atom stereocenters. The summed E-state index contributed by atoms with van der Waals surface area (Å²) in [4.78, 5) is 11.8. The number of carbonyl (C=O) groups excluding carboxylic acids is 1. The Bertz CT molecular complexity index is 237. The molecular weight excluding hydrogens is 204 g/mol. The van der Waals surface area contributed by atoms with Gasteiger partial charge in [0.1, 0.15) is 6.10 Å². The molecule has 0 aromatic carbocycles. The van der Waals surface area contributed by atoms with Crippen molar-refractivity contribution in [3.05, 3.63) is 0 Å². The fourth-order valence-electron chi connectivity index (χ4n) is 1.10. The van der Waals surface area contributed by atoms with E-state index in [1.54, 1.807) is 6.92 Å². The first-order valence-corrected chi connectivity index (χ1v) is 5.83. The molecule has 0 fully saturated rings. The number of ether oxygens (including phenoxy) is 1. The highest BCUT2D eigenvalue weighted by Gasteiger charge is 2.27. The third-order valence-corrected chi connectivity index (χ3v) is 2.70. The lowest BCUT2D eigenvalue weighted by Crippen LogP contribution is -2.50. The van der Waals surface area contributed by atoms with Crippen LogP contribution in [-0.2, 0) is 9.53 Å². The summed E-state index contributed by atoms with van der Waals surface area (Å²) in [5.74, 6) is -0.0895. The molecule has 0 saturated carbocycles. The van der Waals surface area contributed by atoms with Crippen molar-refractivity contribution >= 4 is 5.91 Å². The minimum Gasteiger partial charge on any atom is -0.362 e. The molecule has 4 nitrogen and oxygen atoms in total. The molecule has 0 aliphatic carbocycles. The Kier molecular flexibility index (Phi) is 5.42. The van der Waals surface area contributed by atoms with Gasteiger partial charge in [0.05, 0.1) is 5.60 Å². The molecule has 16 heavy (non-hydrogen) atoms. The zero-order chi connectivity index (χ0) is 13.0. The summed E-state index contributed by atoms with van der Waals surface area (Å²) in [6, 6.07) is 0. The first-order chi connectivity index (χ1) is 7.13. The third-order valence-electron chi connectivity index (χ3n) is 2.70. The highest BCUT2D eigenvalue weighted by Crippen LogP contribution is 2.12. The topological polar surface area (TPSA) is 64.3 Å². The summed E-state index contributed by atoms with van der Waals surface area (Å²) >= 11 is 0. The van der Waals surface area contributed by atoms with E-state index in [9.17, 15) is 4.79 Å². The van der Waals surface area contributed by atoms with E-state index >= 15 is 0 Å². The lowest BCUT2D eigenvalue weighted by atomic mass is 10.0. The molecule has 4 heteroatoms. The maximum atomic E-state index is 11.8. The summed E-state index contributed by atoms with van der Waals surface area (Å²) in [7, 11) is 0. The molecule has 0 aliphatic rings. The van der Waals surface area contributed by atoms with Crippen molar-refractivity contribution in [1.82, 2.24) is 5.32 Å². The number of nitrogens with two attached hydrogens (primary N) is 1. The van der Waals surface area contributed by atoms with Crippen LogP contribution in [0.4, 0.5) is 0 Å². The molecule has 0 heterocycles. The minimum absolute atomic E-state index is 0.0895. The molecule has 0 rings (SSSR count). The second kappa shape index (κ2) is 5.64. The van der Waals surface area contributed by atoms with Gasteiger partial charge in [0, 0.05) is 12.1 Å². The van der Waals surface area contributed by atoms with E-state index < -0.39 is 11.7 Å². The molecule has 0 radical (unpaired) electrons. The van der Waals surface area contributed by atoms with Gasteiger partial charge in [0.15, 0.2) is 0 Å². The van der Waals surface area contributed by atoms with Crippen molar-refractivity contribution in [3.8, 4) is 0 Å². The first-order valence-electron chi connectivity index (χ1n) is 5.83. The predicted octanol–water partition coefficient (Wildman–Crippen LogP) is 1.43. The van der Waals surface area contributed by atoms with E-state index in [1.165, 1.54) is 0 Å². The average Bonchev–Trinajstić information content (AvgIpc) is 2.16. The van der Waals surface area contributed by atoms with Gasteiger partial charge in [-0.25, -0.2) is 0 Å². The summed E-state index contributed by atoms with van der Waals surface area (Å²) in [5, 5.41) is 2.95. The van der Waals surface area contributed by atoms with Crippen LogP contribution in [0.25, 0.3) is 0 Å². The van der Waals surface area contributed by atoms with Crippen molar-refractivity contribution in [3.63, 3.8) is 0 Å². The SMILES string of the molecule is CCC(C)(C)NC(=O)C(C)OC(C)(C)CN. The summed E-state index contributed by atoms with van der Waals surface area (Å²) in [6.07, 6.45) is 0.399. The van der Waals surface area contributed by atoms with Crippen LogP contribution in [0.5, 0.6) is 0 Å². The fraction of sp³-hybridized carbons (Fsp3) is 0.917. The highest BCUT2D eigenvalue weighted by molar-refractivity contribution is 5.81. The number of carbonyl (C=O) groups is 1. The molecule has 0 spiro atoms. The van der Waals surface area contributed by atoms with E-state index in [-0.39, 0.29) is 11.4 Å². The van der Waals surface area contributed by atoms with Crippen molar-refractivity contribution < 1.29 is 9.53 Å². The van der Waals surface area contributed by atoms with Crippen LogP contribution in [0.2, 0.25) is 0 Å². The van der Waals surface area contributed by atoms with Crippen molar-refractivity contribution in [1.29, 1.82) is 0 Å². The number of amides is 1. The predicted molar refractivity (Wildman–Crippen MR) is 66.2 cm³/mol. The molecule has 1 amide bonds. The zero-order valence-electron chi connectivity index (χ0n) is 11.4. The third kappa shape index (κ3) is 5.47. The Morgan fingerprint density at radius 1 is 1.38 bits per heavy atom. The summed E-state index contributed by atoms with van der Waals surface area (Å²) in [5.41, 5.74) is 4.89. The Balaban J connectivity index is 4.30. The van der Waals surface area contributed by atoms with Gasteiger partial charge < -0.3 is 15.8 Å². The van der Waals surface area contributed by atoms with Gasteiger partial charge in [-0.15, -0.1) is 0 Å². The second-order valence-electron chi connectivity index (χ2n) is 5.45. The smallest absolute Gasteiger partial charge is 0.249 e. The van der Waals surface area contributed by atoms with Crippen LogP contribution in [0.3, 0.4) is 0 Å². The number of nitrogens with one attached hydrogen (secondary N) is 1. The molecule has 0 aliphatic heterocycles. The van der Waals surface area contributed by atoms with Gasteiger partial charge in [-0.3, -0.25) is 4.79 Å². The van der Waals surface area contributed by atoms with Gasteiger partial charge in [-0.1, -0.05) is 6.92 Å². The Hall–Kier alpha value is -0.610. The maximum Gasteiger partial charge on any atom is 0.249 e. The van der Waals surface area contributed by atoms with E-state index in [4.69, 9.17) is 10.5 Å². The first kappa shape index (κ1) is 15.4. The van der Waals surface area contributed by atoms with E-state index in [1.807, 2.05) is 34.6 Å². The van der Waals surface area contributed by atoms with Crippen LogP contribution in [0.15, 0.2) is 0 Å².